The molecule has 0 spiro atoms. The van der Waals surface area contributed by atoms with Crippen LogP contribution in [0.15, 0.2) is 47.2 Å². The number of nitrogens with one attached hydrogen (secondary N) is 1. The van der Waals surface area contributed by atoms with Crippen LogP contribution in [0.2, 0.25) is 0 Å². The Morgan fingerprint density at radius 1 is 1.30 bits per heavy atom. The van der Waals surface area contributed by atoms with E-state index in [2.05, 4.69) is 20.4 Å². The third-order valence-electron chi connectivity index (χ3n) is 4.42. The van der Waals surface area contributed by atoms with E-state index in [0.29, 0.717) is 24.7 Å². The van der Waals surface area contributed by atoms with Crippen molar-refractivity contribution in [3.8, 4) is 11.4 Å². The molecular formula is C19H21N5O3. The molecule has 1 aliphatic rings. The van der Waals surface area contributed by atoms with Crippen molar-refractivity contribution in [2.75, 3.05) is 13.2 Å². The largest absolute Gasteiger partial charge is 0.368 e. The number of aromatic nitrogens is 4. The predicted molar refractivity (Wildman–Crippen MR) is 96.6 cm³/mol. The molecule has 1 aliphatic heterocycles. The minimum absolute atomic E-state index is 0.0847. The highest BCUT2D eigenvalue weighted by Gasteiger charge is 2.23. The molecule has 27 heavy (non-hydrogen) atoms. The van der Waals surface area contributed by atoms with E-state index in [1.165, 1.54) is 0 Å². The summed E-state index contributed by atoms with van der Waals surface area (Å²) in [4.78, 5) is 21.0. The maximum atomic E-state index is 12.3. The minimum Gasteiger partial charge on any atom is -0.368 e. The average molecular weight is 367 g/mol. The summed E-state index contributed by atoms with van der Waals surface area (Å²) in [6.45, 7) is 1.38. The Balaban J connectivity index is 1.28. The van der Waals surface area contributed by atoms with Crippen molar-refractivity contribution in [3.63, 3.8) is 0 Å². The summed E-state index contributed by atoms with van der Waals surface area (Å²) in [5.74, 6) is 1.78. The van der Waals surface area contributed by atoms with Crippen molar-refractivity contribution in [1.82, 2.24) is 25.0 Å². The summed E-state index contributed by atoms with van der Waals surface area (Å²) < 4.78 is 12.6. The number of rotatable bonds is 7. The number of ether oxygens (including phenoxy) is 1. The lowest BCUT2D eigenvalue weighted by Gasteiger charge is -2.08. The first-order chi connectivity index (χ1) is 13.3. The molecule has 0 unspecified atom stereocenters. The van der Waals surface area contributed by atoms with Gasteiger partial charge in [0, 0.05) is 37.5 Å². The van der Waals surface area contributed by atoms with Crippen LogP contribution in [-0.2, 0) is 22.5 Å². The lowest BCUT2D eigenvalue weighted by Crippen LogP contribution is -2.29. The first-order valence-corrected chi connectivity index (χ1v) is 9.07. The number of nitrogens with zero attached hydrogens (tertiary/aromatic N) is 4. The van der Waals surface area contributed by atoms with Gasteiger partial charge >= 0.3 is 0 Å². The van der Waals surface area contributed by atoms with Crippen molar-refractivity contribution in [2.24, 2.45) is 0 Å². The fourth-order valence-electron chi connectivity index (χ4n) is 3.08. The number of amides is 1. The molecule has 0 bridgehead atoms. The van der Waals surface area contributed by atoms with Crippen LogP contribution >= 0.6 is 0 Å². The molecule has 8 nitrogen and oxygen atoms in total. The summed E-state index contributed by atoms with van der Waals surface area (Å²) in [5, 5.41) is 6.84. The minimum atomic E-state index is -0.0898. The molecule has 2 aromatic heterocycles. The molecule has 0 saturated carbocycles. The molecule has 1 amide bonds. The van der Waals surface area contributed by atoms with E-state index in [-0.39, 0.29) is 18.6 Å². The highest BCUT2D eigenvalue weighted by Crippen LogP contribution is 2.26. The molecular weight excluding hydrogens is 346 g/mol. The number of hydrogen-bond acceptors (Lipinski definition) is 6. The number of imidazole rings is 1. The summed E-state index contributed by atoms with van der Waals surface area (Å²) in [6, 6.07) is 9.79. The molecule has 3 aromatic rings. The molecule has 1 aromatic carbocycles. The zero-order valence-corrected chi connectivity index (χ0v) is 14.9. The summed E-state index contributed by atoms with van der Waals surface area (Å²) in [6.07, 6.45) is 5.84. The van der Waals surface area contributed by atoms with Gasteiger partial charge in [0.05, 0.1) is 0 Å². The molecule has 0 radical (unpaired) electrons. The lowest BCUT2D eigenvalue weighted by molar-refractivity contribution is -0.121. The van der Waals surface area contributed by atoms with Gasteiger partial charge in [-0.3, -0.25) is 4.79 Å². The van der Waals surface area contributed by atoms with Crippen LogP contribution in [0, 0.1) is 0 Å². The standard InChI is InChI=1S/C19H21N5O3/c25-17(13-24-11-10-21-18(24)14-5-2-1-3-6-14)20-9-8-16-22-19(27-23-16)15-7-4-12-26-15/h1-3,5-6,10-11,15H,4,7-9,12-13H2,(H,20,25)/t15-/m1/s1. The van der Waals surface area contributed by atoms with E-state index in [1.807, 2.05) is 34.9 Å². The van der Waals surface area contributed by atoms with Gasteiger partial charge in [0.25, 0.3) is 5.89 Å². The second-order valence-corrected chi connectivity index (χ2v) is 6.40. The van der Waals surface area contributed by atoms with Crippen molar-refractivity contribution >= 4 is 5.91 Å². The normalized spacial score (nSPS) is 16.5. The maximum absolute atomic E-state index is 12.3. The highest BCUT2D eigenvalue weighted by molar-refractivity contribution is 5.76. The van der Waals surface area contributed by atoms with Crippen molar-refractivity contribution < 1.29 is 14.1 Å². The Hall–Kier alpha value is -3.00. The Bertz CT molecular complexity index is 884. The average Bonchev–Trinajstić information content (AvgIpc) is 3.44. The molecule has 1 N–H and O–H groups in total. The third kappa shape index (κ3) is 4.22. The van der Waals surface area contributed by atoms with E-state index in [0.717, 1.165) is 30.8 Å². The van der Waals surface area contributed by atoms with Gasteiger partial charge in [-0.25, -0.2) is 4.98 Å². The second-order valence-electron chi connectivity index (χ2n) is 6.40. The van der Waals surface area contributed by atoms with Gasteiger partial charge in [-0.1, -0.05) is 35.5 Å². The summed E-state index contributed by atoms with van der Waals surface area (Å²) >= 11 is 0. The Morgan fingerprint density at radius 2 is 2.19 bits per heavy atom. The van der Waals surface area contributed by atoms with Crippen LogP contribution in [0.3, 0.4) is 0 Å². The van der Waals surface area contributed by atoms with Crippen molar-refractivity contribution in [2.45, 2.75) is 31.9 Å². The quantitative estimate of drug-likeness (QED) is 0.687. The van der Waals surface area contributed by atoms with Gasteiger partial charge in [-0.05, 0) is 12.8 Å². The second kappa shape index (κ2) is 8.13. The lowest BCUT2D eigenvalue weighted by atomic mass is 10.2. The zero-order valence-electron chi connectivity index (χ0n) is 14.9. The van der Waals surface area contributed by atoms with Gasteiger partial charge < -0.3 is 19.1 Å². The number of benzene rings is 1. The van der Waals surface area contributed by atoms with Gasteiger partial charge in [-0.2, -0.15) is 4.98 Å². The van der Waals surface area contributed by atoms with Crippen LogP contribution in [0.5, 0.6) is 0 Å². The molecule has 1 saturated heterocycles. The predicted octanol–water partition coefficient (Wildman–Crippen LogP) is 2.14. The highest BCUT2D eigenvalue weighted by atomic mass is 16.5. The molecule has 0 aliphatic carbocycles. The van der Waals surface area contributed by atoms with E-state index >= 15 is 0 Å². The molecule has 4 rings (SSSR count). The first-order valence-electron chi connectivity index (χ1n) is 9.07. The monoisotopic (exact) mass is 367 g/mol. The van der Waals surface area contributed by atoms with E-state index in [9.17, 15) is 4.79 Å². The topological polar surface area (TPSA) is 95.1 Å². The van der Waals surface area contributed by atoms with Crippen LogP contribution in [-0.4, -0.2) is 38.8 Å². The number of carbonyl (C=O) groups is 1. The Kier molecular flexibility index (Phi) is 5.24. The first kappa shape index (κ1) is 17.4. The molecule has 1 atom stereocenters. The SMILES string of the molecule is O=C(Cn1ccnc1-c1ccccc1)NCCc1noc([C@H]2CCCO2)n1. The smallest absolute Gasteiger partial charge is 0.255 e. The molecule has 1 fully saturated rings. The van der Waals surface area contributed by atoms with Gasteiger partial charge in [-0.15, -0.1) is 0 Å². The van der Waals surface area contributed by atoms with Gasteiger partial charge in [0.1, 0.15) is 18.5 Å². The molecule has 8 heteroatoms. The molecule has 3 heterocycles. The third-order valence-corrected chi connectivity index (χ3v) is 4.42. The van der Waals surface area contributed by atoms with E-state index in [1.54, 1.807) is 12.4 Å². The van der Waals surface area contributed by atoms with Crippen LogP contribution < -0.4 is 5.32 Å². The fraction of sp³-hybridized carbons (Fsp3) is 0.368. The maximum Gasteiger partial charge on any atom is 0.255 e. The van der Waals surface area contributed by atoms with E-state index < -0.39 is 0 Å². The Labute approximate surface area is 156 Å². The van der Waals surface area contributed by atoms with Gasteiger partial charge in [0.15, 0.2) is 5.82 Å². The number of carbonyl (C=O) groups excluding carboxylic acids is 1. The fourth-order valence-corrected chi connectivity index (χ4v) is 3.08. The molecule has 140 valence electrons. The van der Waals surface area contributed by atoms with Crippen molar-refractivity contribution in [1.29, 1.82) is 0 Å². The van der Waals surface area contributed by atoms with Crippen LogP contribution in [0.25, 0.3) is 11.4 Å². The van der Waals surface area contributed by atoms with E-state index in [4.69, 9.17) is 9.26 Å². The van der Waals surface area contributed by atoms with Gasteiger partial charge in [0.2, 0.25) is 5.91 Å². The summed E-state index contributed by atoms with van der Waals surface area (Å²) in [7, 11) is 0. The van der Waals surface area contributed by atoms with Crippen LogP contribution in [0.4, 0.5) is 0 Å². The zero-order chi connectivity index (χ0) is 18.5. The Morgan fingerprint density at radius 3 is 3.00 bits per heavy atom. The van der Waals surface area contributed by atoms with Crippen molar-refractivity contribution in [3.05, 3.63) is 54.4 Å². The number of hydrogen-bond donors (Lipinski definition) is 1. The summed E-state index contributed by atoms with van der Waals surface area (Å²) in [5.41, 5.74) is 0.976. The van der Waals surface area contributed by atoms with Crippen LogP contribution in [0.1, 0.15) is 30.7 Å².